The normalized spacial score (nSPS) is 18.3. The molecule has 8 heteroatoms. The van der Waals surface area contributed by atoms with E-state index in [1.54, 1.807) is 36.1 Å². The highest BCUT2D eigenvalue weighted by Gasteiger charge is 2.25. The van der Waals surface area contributed by atoms with Gasteiger partial charge in [0.25, 0.3) is 0 Å². The van der Waals surface area contributed by atoms with Crippen molar-refractivity contribution in [1.29, 1.82) is 0 Å². The number of carbonyl (C=O) groups excluding carboxylic acids is 1. The Balaban J connectivity index is 1.51. The Morgan fingerprint density at radius 3 is 2.59 bits per heavy atom. The molecule has 0 radical (unpaired) electrons. The summed E-state index contributed by atoms with van der Waals surface area (Å²) in [5, 5.41) is 12.3. The second-order valence-corrected chi connectivity index (χ2v) is 9.78. The molecule has 2 aromatic rings. The summed E-state index contributed by atoms with van der Waals surface area (Å²) >= 11 is 0. The molecule has 3 rings (SSSR count). The van der Waals surface area contributed by atoms with Gasteiger partial charge in [-0.1, -0.05) is 37.6 Å². The number of nitrogens with one attached hydrogen (secondary N) is 1. The van der Waals surface area contributed by atoms with Crippen molar-refractivity contribution in [3.8, 4) is 0 Å². The van der Waals surface area contributed by atoms with Crippen LogP contribution in [0.2, 0.25) is 0 Å². The molecule has 0 saturated heterocycles. The molecule has 2 N–H and O–H groups in total. The zero-order chi connectivity index (χ0) is 26.8. The van der Waals surface area contributed by atoms with Gasteiger partial charge in [-0.25, -0.2) is 14.0 Å². The molecular weight excluding hydrogens is 475 g/mol. The van der Waals surface area contributed by atoms with E-state index in [1.807, 2.05) is 13.0 Å². The van der Waals surface area contributed by atoms with Crippen LogP contribution in [0.5, 0.6) is 0 Å². The molecule has 0 aromatic heterocycles. The lowest BCUT2D eigenvalue weighted by molar-refractivity contribution is -0.0531. The van der Waals surface area contributed by atoms with Gasteiger partial charge in [0.05, 0.1) is 31.0 Å². The summed E-state index contributed by atoms with van der Waals surface area (Å²) in [7, 11) is 0. The molecule has 0 aliphatic heterocycles. The maximum atomic E-state index is 13.5. The van der Waals surface area contributed by atoms with Gasteiger partial charge in [0.2, 0.25) is 0 Å². The highest BCUT2D eigenvalue weighted by molar-refractivity contribution is 5.91. The molecule has 202 valence electrons. The quantitative estimate of drug-likeness (QED) is 0.342. The predicted octanol–water partition coefficient (Wildman–Crippen LogP) is 6.40. The van der Waals surface area contributed by atoms with Crippen LogP contribution in [-0.4, -0.2) is 53.4 Å². The van der Waals surface area contributed by atoms with Crippen LogP contribution in [0.1, 0.15) is 73.9 Å². The van der Waals surface area contributed by atoms with Crippen LogP contribution in [0, 0.1) is 12.7 Å². The van der Waals surface area contributed by atoms with Crippen LogP contribution in [-0.2, 0) is 16.1 Å². The van der Waals surface area contributed by atoms with E-state index in [2.05, 4.69) is 12.2 Å². The summed E-state index contributed by atoms with van der Waals surface area (Å²) in [6.45, 7) is 6.95. The standard InChI is InChI=1S/C29H39FN2O5/c1-4-8-21(3)32(29(35)31-24-12-6-11-23(30)17-24)15-16-36-25-13-7-14-26(18-25)37-19-22-10-5-9-20(2)27(22)28(33)34/h5-6,9-12,17,21,25-26H,4,7-8,13-16,18-19H2,1-3H3,(H,31,35)(H,33,34)/t21?,25-,26?/m0/s1. The molecule has 1 saturated carbocycles. The number of hydrogen-bond acceptors (Lipinski definition) is 4. The van der Waals surface area contributed by atoms with Gasteiger partial charge in [0.1, 0.15) is 5.82 Å². The third-order valence-corrected chi connectivity index (χ3v) is 6.89. The van der Waals surface area contributed by atoms with Gasteiger partial charge in [-0.15, -0.1) is 0 Å². The fourth-order valence-corrected chi connectivity index (χ4v) is 4.94. The molecule has 3 atom stereocenters. The number of carboxylic acids is 1. The van der Waals surface area contributed by atoms with Gasteiger partial charge >= 0.3 is 12.0 Å². The average Bonchev–Trinajstić information content (AvgIpc) is 2.85. The number of aryl methyl sites for hydroxylation is 1. The molecule has 1 fully saturated rings. The zero-order valence-corrected chi connectivity index (χ0v) is 22.0. The van der Waals surface area contributed by atoms with E-state index in [-0.39, 0.29) is 30.9 Å². The number of amides is 2. The van der Waals surface area contributed by atoms with E-state index >= 15 is 0 Å². The van der Waals surface area contributed by atoms with Gasteiger partial charge in [-0.3, -0.25) is 0 Å². The fourth-order valence-electron chi connectivity index (χ4n) is 4.94. The zero-order valence-electron chi connectivity index (χ0n) is 22.0. The molecule has 0 heterocycles. The number of benzene rings is 2. The second kappa shape index (κ2) is 14.1. The van der Waals surface area contributed by atoms with Crippen molar-refractivity contribution >= 4 is 17.7 Å². The first-order valence-corrected chi connectivity index (χ1v) is 13.2. The maximum absolute atomic E-state index is 13.5. The number of hydrogen-bond donors (Lipinski definition) is 2. The first-order chi connectivity index (χ1) is 17.8. The molecule has 1 aliphatic rings. The SMILES string of the molecule is CCCC(C)N(CCO[C@H]1CCCC(OCc2cccc(C)c2C(=O)O)C1)C(=O)Nc1cccc(F)c1. The highest BCUT2D eigenvalue weighted by Crippen LogP contribution is 2.26. The Hall–Kier alpha value is -2.97. The molecule has 0 bridgehead atoms. The minimum absolute atomic E-state index is 0.00713. The second-order valence-electron chi connectivity index (χ2n) is 9.78. The van der Waals surface area contributed by atoms with Crippen LogP contribution in [0.15, 0.2) is 42.5 Å². The number of urea groups is 1. The average molecular weight is 515 g/mol. The van der Waals surface area contributed by atoms with E-state index in [0.717, 1.165) is 44.1 Å². The maximum Gasteiger partial charge on any atom is 0.336 e. The molecule has 37 heavy (non-hydrogen) atoms. The van der Waals surface area contributed by atoms with E-state index in [9.17, 15) is 19.1 Å². The molecule has 1 aliphatic carbocycles. The molecule has 0 spiro atoms. The van der Waals surface area contributed by atoms with E-state index in [1.165, 1.54) is 12.1 Å². The molecule has 7 nitrogen and oxygen atoms in total. The van der Waals surface area contributed by atoms with E-state index in [0.29, 0.717) is 30.0 Å². The third kappa shape index (κ3) is 8.54. The van der Waals surface area contributed by atoms with Crippen molar-refractivity contribution in [2.24, 2.45) is 0 Å². The summed E-state index contributed by atoms with van der Waals surface area (Å²) in [6.07, 6.45) is 5.33. The van der Waals surface area contributed by atoms with Crippen LogP contribution >= 0.6 is 0 Å². The molecule has 2 amide bonds. The molecule has 2 aromatic carbocycles. The van der Waals surface area contributed by atoms with Crippen molar-refractivity contribution in [3.05, 3.63) is 65.0 Å². The molecule has 2 unspecified atom stereocenters. The van der Waals surface area contributed by atoms with Gasteiger partial charge in [-0.05, 0) is 75.3 Å². The van der Waals surface area contributed by atoms with Crippen LogP contribution in [0.4, 0.5) is 14.9 Å². The summed E-state index contributed by atoms with van der Waals surface area (Å²) in [4.78, 5) is 26.4. The number of carboxylic acid groups (broad SMARTS) is 1. The van der Waals surface area contributed by atoms with Gasteiger partial charge in [0.15, 0.2) is 0 Å². The number of ether oxygens (including phenoxy) is 2. The van der Waals surface area contributed by atoms with E-state index in [4.69, 9.17) is 9.47 Å². The summed E-state index contributed by atoms with van der Waals surface area (Å²) < 4.78 is 25.8. The van der Waals surface area contributed by atoms with Gasteiger partial charge in [-0.2, -0.15) is 0 Å². The highest BCUT2D eigenvalue weighted by atomic mass is 19.1. The van der Waals surface area contributed by atoms with Crippen LogP contribution in [0.25, 0.3) is 0 Å². The summed E-state index contributed by atoms with van der Waals surface area (Å²) in [5.41, 5.74) is 2.14. The van der Waals surface area contributed by atoms with Crippen LogP contribution < -0.4 is 5.32 Å². The predicted molar refractivity (Wildman–Crippen MR) is 141 cm³/mol. The summed E-state index contributed by atoms with van der Waals surface area (Å²) in [6, 6.07) is 11.1. The first-order valence-electron chi connectivity index (χ1n) is 13.2. The molecular formula is C29H39FN2O5. The fraction of sp³-hybridized carbons (Fsp3) is 0.517. The Kier molecular flexibility index (Phi) is 10.9. The number of carbonyl (C=O) groups is 2. The number of aromatic carboxylic acids is 1. The Morgan fingerprint density at radius 1 is 1.16 bits per heavy atom. The number of anilines is 1. The lowest BCUT2D eigenvalue weighted by atomic mass is 9.94. The Morgan fingerprint density at radius 2 is 1.89 bits per heavy atom. The first kappa shape index (κ1) is 28.6. The smallest absolute Gasteiger partial charge is 0.336 e. The number of nitrogens with zero attached hydrogens (tertiary/aromatic N) is 1. The Labute approximate surface area is 219 Å². The van der Waals surface area contributed by atoms with Crippen molar-refractivity contribution < 1.29 is 28.6 Å². The third-order valence-electron chi connectivity index (χ3n) is 6.89. The number of rotatable bonds is 12. The minimum atomic E-state index is -0.940. The lowest BCUT2D eigenvalue weighted by Crippen LogP contribution is -2.44. The van der Waals surface area contributed by atoms with Crippen LogP contribution in [0.3, 0.4) is 0 Å². The topological polar surface area (TPSA) is 88.1 Å². The minimum Gasteiger partial charge on any atom is -0.478 e. The van der Waals surface area contributed by atoms with Crippen molar-refractivity contribution in [3.63, 3.8) is 0 Å². The largest absolute Gasteiger partial charge is 0.478 e. The summed E-state index contributed by atoms with van der Waals surface area (Å²) in [5.74, 6) is -1.34. The monoisotopic (exact) mass is 514 g/mol. The number of halogens is 1. The van der Waals surface area contributed by atoms with Gasteiger partial charge in [0, 0.05) is 18.3 Å². The van der Waals surface area contributed by atoms with Gasteiger partial charge < -0.3 is 24.8 Å². The van der Waals surface area contributed by atoms with Crippen molar-refractivity contribution in [2.75, 3.05) is 18.5 Å². The lowest BCUT2D eigenvalue weighted by Gasteiger charge is -2.32. The van der Waals surface area contributed by atoms with Crippen molar-refractivity contribution in [1.82, 2.24) is 4.90 Å². The van der Waals surface area contributed by atoms with Crippen molar-refractivity contribution in [2.45, 2.75) is 84.2 Å². The van der Waals surface area contributed by atoms with E-state index < -0.39 is 11.8 Å². The Bertz CT molecular complexity index is 1050.